The summed E-state index contributed by atoms with van der Waals surface area (Å²) in [5.74, 6) is 0. The van der Waals surface area contributed by atoms with E-state index < -0.39 is 0 Å². The Morgan fingerprint density at radius 2 is 2.29 bits per heavy atom. The molecule has 0 spiro atoms. The molecule has 0 amide bonds. The average Bonchev–Trinajstić information content (AvgIpc) is 2.60. The van der Waals surface area contributed by atoms with E-state index in [0.29, 0.717) is 5.69 Å². The van der Waals surface area contributed by atoms with Gasteiger partial charge in [0.1, 0.15) is 5.69 Å². The molecule has 5 nitrogen and oxygen atoms in total. The molecule has 1 heterocycles. The van der Waals surface area contributed by atoms with Gasteiger partial charge in [-0.25, -0.2) is 4.68 Å². The van der Waals surface area contributed by atoms with Crippen LogP contribution >= 0.6 is 0 Å². The molecule has 0 fully saturated rings. The number of aliphatic hydroxyl groups excluding tert-OH is 1. The Labute approximate surface area is 83.7 Å². The van der Waals surface area contributed by atoms with E-state index in [0.717, 1.165) is 31.7 Å². The Kier molecular flexibility index (Phi) is 4.55. The summed E-state index contributed by atoms with van der Waals surface area (Å²) in [7, 11) is 1.68. The summed E-state index contributed by atoms with van der Waals surface area (Å²) < 4.78 is 6.80. The standard InChI is InChI=1S/C9H17N3O2/c1-3-9-8(7-13)10-11-12(9)5-4-6-14-2/h13H,3-7H2,1-2H3. The Morgan fingerprint density at radius 3 is 2.86 bits per heavy atom. The van der Waals surface area contributed by atoms with Crippen LogP contribution in [0, 0.1) is 0 Å². The summed E-state index contributed by atoms with van der Waals surface area (Å²) in [6.07, 6.45) is 1.76. The molecule has 0 atom stereocenters. The van der Waals surface area contributed by atoms with Gasteiger partial charge in [0, 0.05) is 20.3 Å². The lowest BCUT2D eigenvalue weighted by Gasteiger charge is -2.04. The van der Waals surface area contributed by atoms with Crippen LogP contribution in [0.1, 0.15) is 24.7 Å². The van der Waals surface area contributed by atoms with E-state index >= 15 is 0 Å². The summed E-state index contributed by atoms with van der Waals surface area (Å²) >= 11 is 0. The van der Waals surface area contributed by atoms with Gasteiger partial charge in [-0.1, -0.05) is 12.1 Å². The zero-order valence-electron chi connectivity index (χ0n) is 8.73. The van der Waals surface area contributed by atoms with Crippen molar-refractivity contribution in [2.24, 2.45) is 0 Å². The first-order chi connectivity index (χ1) is 6.83. The van der Waals surface area contributed by atoms with Gasteiger partial charge >= 0.3 is 0 Å². The first-order valence-electron chi connectivity index (χ1n) is 4.84. The van der Waals surface area contributed by atoms with Crippen LogP contribution in [0.25, 0.3) is 0 Å². The number of aryl methyl sites for hydroxylation is 1. The molecule has 1 N–H and O–H groups in total. The number of aliphatic hydroxyl groups is 1. The molecule has 1 aromatic heterocycles. The zero-order valence-corrected chi connectivity index (χ0v) is 8.73. The number of hydrogen-bond donors (Lipinski definition) is 1. The minimum atomic E-state index is -0.0343. The molecule has 1 aromatic rings. The first-order valence-corrected chi connectivity index (χ1v) is 4.84. The molecule has 0 aliphatic carbocycles. The molecule has 0 unspecified atom stereocenters. The third-order valence-electron chi connectivity index (χ3n) is 2.12. The predicted octanol–water partition coefficient (Wildman–Crippen LogP) is 0.369. The van der Waals surface area contributed by atoms with Crippen molar-refractivity contribution in [3.63, 3.8) is 0 Å². The Morgan fingerprint density at radius 1 is 1.50 bits per heavy atom. The molecule has 0 radical (unpaired) electrons. The van der Waals surface area contributed by atoms with Gasteiger partial charge in [0.05, 0.1) is 12.3 Å². The van der Waals surface area contributed by atoms with Gasteiger partial charge < -0.3 is 9.84 Å². The Hall–Kier alpha value is -0.940. The van der Waals surface area contributed by atoms with Gasteiger partial charge in [-0.3, -0.25) is 0 Å². The lowest BCUT2D eigenvalue weighted by Crippen LogP contribution is -2.07. The average molecular weight is 199 g/mol. The van der Waals surface area contributed by atoms with E-state index in [1.54, 1.807) is 7.11 Å². The maximum absolute atomic E-state index is 8.99. The number of rotatable bonds is 6. The van der Waals surface area contributed by atoms with Crippen molar-refractivity contribution >= 4 is 0 Å². The molecule has 80 valence electrons. The summed E-state index contributed by atoms with van der Waals surface area (Å²) in [6.45, 7) is 3.51. The number of nitrogens with zero attached hydrogens (tertiary/aromatic N) is 3. The molecule has 14 heavy (non-hydrogen) atoms. The van der Waals surface area contributed by atoms with Crippen molar-refractivity contribution in [2.45, 2.75) is 32.9 Å². The van der Waals surface area contributed by atoms with Gasteiger partial charge in [0.2, 0.25) is 0 Å². The quantitative estimate of drug-likeness (QED) is 0.672. The van der Waals surface area contributed by atoms with Gasteiger partial charge in [0.15, 0.2) is 0 Å². The maximum Gasteiger partial charge on any atom is 0.111 e. The highest BCUT2D eigenvalue weighted by Crippen LogP contribution is 2.06. The van der Waals surface area contributed by atoms with Gasteiger partial charge in [0.25, 0.3) is 0 Å². The largest absolute Gasteiger partial charge is 0.390 e. The minimum Gasteiger partial charge on any atom is -0.390 e. The SMILES string of the molecule is CCc1c(CO)nnn1CCCOC. The van der Waals surface area contributed by atoms with Crippen molar-refractivity contribution < 1.29 is 9.84 Å². The van der Waals surface area contributed by atoms with Gasteiger partial charge in [-0.15, -0.1) is 5.10 Å². The Balaban J connectivity index is 2.61. The molecular formula is C9H17N3O2. The molecule has 1 rings (SSSR count). The van der Waals surface area contributed by atoms with Crippen LogP contribution < -0.4 is 0 Å². The Bertz CT molecular complexity index is 273. The summed E-state index contributed by atoms with van der Waals surface area (Å²) in [4.78, 5) is 0. The second-order valence-corrected chi connectivity index (χ2v) is 3.06. The lowest BCUT2D eigenvalue weighted by molar-refractivity contribution is 0.188. The smallest absolute Gasteiger partial charge is 0.111 e. The van der Waals surface area contributed by atoms with E-state index in [1.807, 2.05) is 11.6 Å². The fourth-order valence-electron chi connectivity index (χ4n) is 1.42. The molecule has 0 aromatic carbocycles. The lowest BCUT2D eigenvalue weighted by atomic mass is 10.2. The van der Waals surface area contributed by atoms with Crippen molar-refractivity contribution in [1.82, 2.24) is 15.0 Å². The monoisotopic (exact) mass is 199 g/mol. The predicted molar refractivity (Wildman–Crippen MR) is 51.8 cm³/mol. The maximum atomic E-state index is 8.99. The number of methoxy groups -OCH3 is 1. The molecule has 0 bridgehead atoms. The fourth-order valence-corrected chi connectivity index (χ4v) is 1.42. The molecule has 0 saturated carbocycles. The first kappa shape index (κ1) is 11.1. The van der Waals surface area contributed by atoms with Crippen LogP contribution in [-0.4, -0.2) is 33.8 Å². The molecule has 0 aliphatic heterocycles. The number of hydrogen-bond acceptors (Lipinski definition) is 4. The molecule has 0 aliphatic rings. The highest BCUT2D eigenvalue weighted by atomic mass is 16.5. The van der Waals surface area contributed by atoms with E-state index in [2.05, 4.69) is 10.3 Å². The van der Waals surface area contributed by atoms with Crippen molar-refractivity contribution in [3.05, 3.63) is 11.4 Å². The van der Waals surface area contributed by atoms with Crippen LogP contribution in [0.4, 0.5) is 0 Å². The van der Waals surface area contributed by atoms with Gasteiger partial charge in [-0.05, 0) is 12.8 Å². The third-order valence-corrected chi connectivity index (χ3v) is 2.12. The highest BCUT2D eigenvalue weighted by molar-refractivity contribution is 5.08. The highest BCUT2D eigenvalue weighted by Gasteiger charge is 2.08. The minimum absolute atomic E-state index is 0.0343. The van der Waals surface area contributed by atoms with Crippen molar-refractivity contribution in [1.29, 1.82) is 0 Å². The van der Waals surface area contributed by atoms with Crippen LogP contribution in [0.3, 0.4) is 0 Å². The van der Waals surface area contributed by atoms with E-state index in [9.17, 15) is 0 Å². The van der Waals surface area contributed by atoms with Crippen LogP contribution in [-0.2, 0) is 24.3 Å². The van der Waals surface area contributed by atoms with Crippen LogP contribution in [0.5, 0.6) is 0 Å². The fraction of sp³-hybridized carbons (Fsp3) is 0.778. The second-order valence-electron chi connectivity index (χ2n) is 3.06. The molecule has 0 saturated heterocycles. The number of aromatic nitrogens is 3. The molecule has 5 heteroatoms. The van der Waals surface area contributed by atoms with Crippen LogP contribution in [0.2, 0.25) is 0 Å². The zero-order chi connectivity index (χ0) is 10.4. The topological polar surface area (TPSA) is 60.2 Å². The van der Waals surface area contributed by atoms with Crippen molar-refractivity contribution in [2.75, 3.05) is 13.7 Å². The van der Waals surface area contributed by atoms with E-state index in [1.165, 1.54) is 0 Å². The van der Waals surface area contributed by atoms with Crippen molar-refractivity contribution in [3.8, 4) is 0 Å². The number of ether oxygens (including phenoxy) is 1. The molecular weight excluding hydrogens is 182 g/mol. The summed E-state index contributed by atoms with van der Waals surface area (Å²) in [6, 6.07) is 0. The van der Waals surface area contributed by atoms with E-state index in [4.69, 9.17) is 9.84 Å². The normalized spacial score (nSPS) is 10.8. The second kappa shape index (κ2) is 5.72. The third kappa shape index (κ3) is 2.52. The summed E-state index contributed by atoms with van der Waals surface area (Å²) in [5, 5.41) is 16.9. The van der Waals surface area contributed by atoms with E-state index in [-0.39, 0.29) is 6.61 Å². The summed E-state index contributed by atoms with van der Waals surface area (Å²) in [5.41, 5.74) is 1.70. The van der Waals surface area contributed by atoms with Crippen LogP contribution in [0.15, 0.2) is 0 Å². The van der Waals surface area contributed by atoms with Gasteiger partial charge in [-0.2, -0.15) is 0 Å².